The molecule has 0 radical (unpaired) electrons. The van der Waals surface area contributed by atoms with Crippen LogP contribution in [0.25, 0.3) is 0 Å². The molecule has 0 N–H and O–H groups in total. The van der Waals surface area contributed by atoms with Gasteiger partial charge in [0.05, 0.1) is 19.7 Å². The molecule has 0 aromatic carbocycles. The molecule has 0 amide bonds. The highest BCUT2D eigenvalue weighted by atomic mass is 32.2. The summed E-state index contributed by atoms with van der Waals surface area (Å²) in [5.41, 5.74) is 0. The third kappa shape index (κ3) is 4.87. The third-order valence-corrected chi connectivity index (χ3v) is 2.79. The van der Waals surface area contributed by atoms with Crippen LogP contribution in [0.3, 0.4) is 0 Å². The van der Waals surface area contributed by atoms with Crippen molar-refractivity contribution >= 4 is 23.5 Å². The van der Waals surface area contributed by atoms with Crippen LogP contribution in [0, 0.1) is 20.2 Å². The van der Waals surface area contributed by atoms with Gasteiger partial charge in [0.25, 0.3) is 0 Å². The van der Waals surface area contributed by atoms with E-state index in [2.05, 4.69) is 0 Å². The minimum atomic E-state index is -0.629. The molecule has 0 saturated carbocycles. The Morgan fingerprint density at radius 3 is 1.43 bits per heavy atom. The molecular weight excluding hydrogens is 228 g/mol. The van der Waals surface area contributed by atoms with Crippen LogP contribution < -0.4 is 0 Å². The smallest absolute Gasteiger partial charge is 0.249 e. The highest BCUT2D eigenvalue weighted by Crippen LogP contribution is 2.29. The van der Waals surface area contributed by atoms with Crippen LogP contribution >= 0.6 is 23.5 Å². The van der Waals surface area contributed by atoms with E-state index < -0.39 is 9.85 Å². The Kier molecular flexibility index (Phi) is 5.97. The summed E-state index contributed by atoms with van der Waals surface area (Å²) in [4.78, 5) is 19.7. The molecule has 0 rings (SSSR count). The molecule has 0 bridgehead atoms. The van der Waals surface area contributed by atoms with Gasteiger partial charge in [-0.1, -0.05) is 0 Å². The molecule has 0 aromatic rings. The van der Waals surface area contributed by atoms with Gasteiger partial charge in [-0.05, 0) is 12.5 Å². The highest BCUT2D eigenvalue weighted by Gasteiger charge is 2.11. The molecule has 0 aliphatic heterocycles. The first-order chi connectivity index (χ1) is 6.51. The van der Waals surface area contributed by atoms with Crippen molar-refractivity contribution in [1.29, 1.82) is 0 Å². The monoisotopic (exact) mass is 236 g/mol. The maximum Gasteiger partial charge on any atom is 0.249 e. The fraction of sp³-hybridized carbons (Fsp3) is 0.333. The van der Waals surface area contributed by atoms with Gasteiger partial charge in [0, 0.05) is 0 Å². The molecule has 6 nitrogen and oxygen atoms in total. The Balaban J connectivity index is 4.98. The quantitative estimate of drug-likeness (QED) is 0.412. The lowest BCUT2D eigenvalue weighted by molar-refractivity contribution is -0.405. The van der Waals surface area contributed by atoms with E-state index in [0.717, 1.165) is 35.9 Å². The first-order valence-electron chi connectivity index (χ1n) is 3.30. The number of thioether (sulfide) groups is 2. The lowest BCUT2D eigenvalue weighted by atomic mass is 10.5. The number of rotatable bonds is 5. The average molecular weight is 236 g/mol. The molecule has 0 spiro atoms. The van der Waals surface area contributed by atoms with Gasteiger partial charge in [-0.2, -0.15) is 0 Å². The van der Waals surface area contributed by atoms with E-state index in [1.807, 2.05) is 0 Å². The second-order valence-corrected chi connectivity index (χ2v) is 3.66. The van der Waals surface area contributed by atoms with Crippen molar-refractivity contribution in [3.8, 4) is 0 Å². The predicted molar refractivity (Wildman–Crippen MR) is 57.2 cm³/mol. The standard InChI is InChI=1S/C6H8N2O4S2/c1-13-5(3-7(9)10)6(14-2)4-8(11)12/h3-4H,1-2H3/b5-3+,6-4+. The van der Waals surface area contributed by atoms with Gasteiger partial charge < -0.3 is 0 Å². The molecule has 0 saturated heterocycles. The van der Waals surface area contributed by atoms with Gasteiger partial charge in [0.1, 0.15) is 0 Å². The summed E-state index contributed by atoms with van der Waals surface area (Å²) in [6, 6.07) is 0. The Labute approximate surface area is 88.7 Å². The molecule has 0 heterocycles. The first-order valence-corrected chi connectivity index (χ1v) is 5.75. The summed E-state index contributed by atoms with van der Waals surface area (Å²) in [7, 11) is 0. The van der Waals surface area contributed by atoms with Gasteiger partial charge in [0.2, 0.25) is 12.4 Å². The van der Waals surface area contributed by atoms with Crippen LogP contribution in [-0.2, 0) is 0 Å². The zero-order valence-electron chi connectivity index (χ0n) is 7.50. The fourth-order valence-corrected chi connectivity index (χ4v) is 2.02. The van der Waals surface area contributed by atoms with Gasteiger partial charge in [0.15, 0.2) is 0 Å². The average Bonchev–Trinajstić information content (AvgIpc) is 2.10. The van der Waals surface area contributed by atoms with Crippen molar-refractivity contribution in [2.24, 2.45) is 0 Å². The number of nitro groups is 2. The molecule has 78 valence electrons. The maximum absolute atomic E-state index is 10.2. The molecule has 14 heavy (non-hydrogen) atoms. The maximum atomic E-state index is 10.2. The van der Waals surface area contributed by atoms with E-state index in [4.69, 9.17) is 0 Å². The van der Waals surface area contributed by atoms with E-state index in [1.54, 1.807) is 12.5 Å². The van der Waals surface area contributed by atoms with E-state index >= 15 is 0 Å². The fourth-order valence-electron chi connectivity index (χ4n) is 0.625. The number of nitrogens with zero attached hydrogens (tertiary/aromatic N) is 2. The Hall–Kier alpha value is -1.02. The van der Waals surface area contributed by atoms with Crippen LogP contribution in [-0.4, -0.2) is 22.4 Å². The van der Waals surface area contributed by atoms with E-state index in [-0.39, 0.29) is 9.81 Å². The second kappa shape index (κ2) is 6.44. The largest absolute Gasteiger partial charge is 0.259 e. The summed E-state index contributed by atoms with van der Waals surface area (Å²) < 4.78 is 0. The molecule has 8 heteroatoms. The van der Waals surface area contributed by atoms with Crippen molar-refractivity contribution in [3.05, 3.63) is 42.4 Å². The van der Waals surface area contributed by atoms with Gasteiger partial charge in [-0.15, -0.1) is 23.5 Å². The summed E-state index contributed by atoms with van der Waals surface area (Å²) in [5.74, 6) is 0. The summed E-state index contributed by atoms with van der Waals surface area (Å²) in [6.45, 7) is 0. The Morgan fingerprint density at radius 2 is 1.29 bits per heavy atom. The molecule has 0 fully saturated rings. The van der Waals surface area contributed by atoms with E-state index in [0.29, 0.717) is 0 Å². The van der Waals surface area contributed by atoms with Crippen LogP contribution in [0.15, 0.2) is 22.2 Å². The molecule has 0 aromatic heterocycles. The van der Waals surface area contributed by atoms with Crippen molar-refractivity contribution in [3.63, 3.8) is 0 Å². The summed E-state index contributed by atoms with van der Waals surface area (Å²) >= 11 is 2.20. The molecule has 0 aliphatic rings. The Morgan fingerprint density at radius 1 is 1.00 bits per heavy atom. The zero-order valence-corrected chi connectivity index (χ0v) is 9.13. The number of hydrogen-bond acceptors (Lipinski definition) is 6. The lowest BCUT2D eigenvalue weighted by Gasteiger charge is -1.99. The van der Waals surface area contributed by atoms with Crippen molar-refractivity contribution in [2.45, 2.75) is 0 Å². The minimum Gasteiger partial charge on any atom is -0.259 e. The predicted octanol–water partition coefficient (Wildman–Crippen LogP) is 1.95. The summed E-state index contributed by atoms with van der Waals surface area (Å²) in [6.07, 6.45) is 4.77. The van der Waals surface area contributed by atoms with Crippen molar-refractivity contribution < 1.29 is 9.85 Å². The SMILES string of the molecule is CSC(=C/[N+](=O)[O-])/C(=C\[N+](=O)[O-])SC. The van der Waals surface area contributed by atoms with Crippen molar-refractivity contribution in [2.75, 3.05) is 12.5 Å². The first kappa shape index (κ1) is 13.0. The Bertz CT molecular complexity index is 270. The lowest BCUT2D eigenvalue weighted by Crippen LogP contribution is -1.92. The van der Waals surface area contributed by atoms with E-state index in [1.165, 1.54) is 0 Å². The van der Waals surface area contributed by atoms with E-state index in [9.17, 15) is 20.2 Å². The highest BCUT2D eigenvalue weighted by molar-refractivity contribution is 8.07. The second-order valence-electron chi connectivity index (χ2n) is 1.97. The third-order valence-electron chi connectivity index (χ3n) is 1.13. The normalized spacial score (nSPS) is 12.7. The van der Waals surface area contributed by atoms with Gasteiger partial charge in [-0.25, -0.2) is 0 Å². The molecule has 0 unspecified atom stereocenters. The van der Waals surface area contributed by atoms with Crippen LogP contribution in [0.1, 0.15) is 0 Å². The van der Waals surface area contributed by atoms with Crippen LogP contribution in [0.5, 0.6) is 0 Å². The van der Waals surface area contributed by atoms with Gasteiger partial charge >= 0.3 is 0 Å². The van der Waals surface area contributed by atoms with Crippen molar-refractivity contribution in [1.82, 2.24) is 0 Å². The van der Waals surface area contributed by atoms with Gasteiger partial charge in [-0.3, -0.25) is 20.2 Å². The van der Waals surface area contributed by atoms with Crippen LogP contribution in [0.2, 0.25) is 0 Å². The molecular formula is C6H8N2O4S2. The molecule has 0 aliphatic carbocycles. The number of hydrogen-bond donors (Lipinski definition) is 0. The summed E-state index contributed by atoms with van der Waals surface area (Å²) in [5, 5.41) is 20.4. The topological polar surface area (TPSA) is 86.3 Å². The zero-order chi connectivity index (χ0) is 11.1. The van der Waals surface area contributed by atoms with Crippen LogP contribution in [0.4, 0.5) is 0 Å². The minimum absolute atomic E-state index is 0.277. The molecule has 0 atom stereocenters.